The summed E-state index contributed by atoms with van der Waals surface area (Å²) >= 11 is 17.9. The zero-order chi connectivity index (χ0) is 15.0. The summed E-state index contributed by atoms with van der Waals surface area (Å²) in [6.45, 7) is 0. The number of nitrogens with one attached hydrogen (secondary N) is 2. The van der Waals surface area contributed by atoms with Crippen molar-refractivity contribution in [2.45, 2.75) is 0 Å². The number of rotatable bonds is 2. The smallest absolute Gasteiger partial charge is 0.257 e. The number of hydrogen-bond donors (Lipinski definition) is 2. The van der Waals surface area contributed by atoms with Crippen LogP contribution in [0.3, 0.4) is 0 Å². The van der Waals surface area contributed by atoms with Crippen LogP contribution in [0.4, 0.5) is 5.69 Å². The maximum Gasteiger partial charge on any atom is 0.257 e. The lowest BCUT2D eigenvalue weighted by Crippen LogP contribution is -2.11. The Hall–Kier alpha value is -1.68. The molecule has 3 nitrogen and oxygen atoms in total. The molecule has 0 bridgehead atoms. The monoisotopic (exact) mass is 338 g/mol. The minimum atomic E-state index is -0.271. The van der Waals surface area contributed by atoms with Gasteiger partial charge in [-0.25, -0.2) is 0 Å². The van der Waals surface area contributed by atoms with Crippen LogP contribution < -0.4 is 5.32 Å². The summed E-state index contributed by atoms with van der Waals surface area (Å²) < 4.78 is 0. The molecule has 0 fully saturated rings. The van der Waals surface area contributed by atoms with Crippen LogP contribution in [0.15, 0.2) is 42.6 Å². The van der Waals surface area contributed by atoms with Crippen LogP contribution in [0.25, 0.3) is 10.9 Å². The Kier molecular flexibility index (Phi) is 3.81. The highest BCUT2D eigenvalue weighted by atomic mass is 35.5. The van der Waals surface area contributed by atoms with Gasteiger partial charge in [0.15, 0.2) is 0 Å². The lowest BCUT2D eigenvalue weighted by Gasteiger charge is -2.07. The molecule has 3 aromatic rings. The Bertz CT molecular complexity index is 842. The molecule has 0 saturated carbocycles. The van der Waals surface area contributed by atoms with Gasteiger partial charge in [0.2, 0.25) is 0 Å². The van der Waals surface area contributed by atoms with Crippen molar-refractivity contribution >= 4 is 57.3 Å². The highest BCUT2D eigenvalue weighted by Crippen LogP contribution is 2.27. The van der Waals surface area contributed by atoms with Crippen molar-refractivity contribution in [1.82, 2.24) is 4.98 Å². The van der Waals surface area contributed by atoms with Gasteiger partial charge >= 0.3 is 0 Å². The molecule has 0 aliphatic carbocycles. The van der Waals surface area contributed by atoms with E-state index in [0.29, 0.717) is 26.3 Å². The second-order valence-corrected chi connectivity index (χ2v) is 5.75. The van der Waals surface area contributed by atoms with Gasteiger partial charge in [-0.15, -0.1) is 0 Å². The first-order valence-electron chi connectivity index (χ1n) is 6.07. The number of amides is 1. The van der Waals surface area contributed by atoms with Crippen LogP contribution in [0.5, 0.6) is 0 Å². The quantitative estimate of drug-likeness (QED) is 0.647. The number of aromatic nitrogens is 1. The molecule has 21 heavy (non-hydrogen) atoms. The van der Waals surface area contributed by atoms with Crippen molar-refractivity contribution in [3.8, 4) is 0 Å². The van der Waals surface area contributed by atoms with Crippen LogP contribution in [0.2, 0.25) is 15.1 Å². The van der Waals surface area contributed by atoms with Gasteiger partial charge in [0.1, 0.15) is 0 Å². The minimum absolute atomic E-state index is 0.271. The molecule has 2 aromatic carbocycles. The van der Waals surface area contributed by atoms with Crippen LogP contribution in [-0.4, -0.2) is 10.9 Å². The Morgan fingerprint density at radius 3 is 2.48 bits per heavy atom. The molecule has 0 atom stereocenters. The van der Waals surface area contributed by atoms with Crippen molar-refractivity contribution in [3.05, 3.63) is 63.2 Å². The molecule has 0 aliphatic rings. The Balaban J connectivity index is 1.95. The molecule has 0 spiro atoms. The van der Waals surface area contributed by atoms with Gasteiger partial charge in [0.25, 0.3) is 5.91 Å². The summed E-state index contributed by atoms with van der Waals surface area (Å²) in [5.74, 6) is -0.271. The van der Waals surface area contributed by atoms with Gasteiger partial charge < -0.3 is 10.3 Å². The highest BCUT2D eigenvalue weighted by Gasteiger charge is 2.14. The van der Waals surface area contributed by atoms with E-state index >= 15 is 0 Å². The van der Waals surface area contributed by atoms with Crippen molar-refractivity contribution in [3.63, 3.8) is 0 Å². The van der Waals surface area contributed by atoms with E-state index in [-0.39, 0.29) is 5.91 Å². The van der Waals surface area contributed by atoms with E-state index in [0.717, 1.165) is 10.9 Å². The number of hydrogen-bond acceptors (Lipinski definition) is 1. The van der Waals surface area contributed by atoms with E-state index in [2.05, 4.69) is 10.3 Å². The molecular formula is C15H9Cl3N2O. The second-order valence-electron chi connectivity index (χ2n) is 4.47. The van der Waals surface area contributed by atoms with E-state index in [1.807, 2.05) is 6.07 Å². The predicted octanol–water partition coefficient (Wildman–Crippen LogP) is 5.38. The Morgan fingerprint density at radius 1 is 1.00 bits per heavy atom. The SMILES string of the molecule is O=C(Nc1ccc(Cl)cc1Cl)c1c[nH]c2ccc(Cl)cc12. The minimum Gasteiger partial charge on any atom is -0.360 e. The number of aromatic amines is 1. The third kappa shape index (κ3) is 2.86. The molecule has 2 N–H and O–H groups in total. The normalized spacial score (nSPS) is 10.8. The summed E-state index contributed by atoms with van der Waals surface area (Å²) in [5, 5.41) is 4.98. The summed E-state index contributed by atoms with van der Waals surface area (Å²) in [6, 6.07) is 10.2. The first-order valence-corrected chi connectivity index (χ1v) is 7.21. The number of H-pyrrole nitrogens is 1. The maximum atomic E-state index is 12.4. The number of anilines is 1. The molecular weight excluding hydrogens is 331 g/mol. The molecule has 3 rings (SSSR count). The van der Waals surface area contributed by atoms with Crippen LogP contribution in [0.1, 0.15) is 10.4 Å². The van der Waals surface area contributed by atoms with Gasteiger partial charge in [-0.3, -0.25) is 4.79 Å². The maximum absolute atomic E-state index is 12.4. The van der Waals surface area contributed by atoms with Crippen molar-refractivity contribution < 1.29 is 4.79 Å². The van der Waals surface area contributed by atoms with Crippen molar-refractivity contribution in [2.24, 2.45) is 0 Å². The molecule has 0 radical (unpaired) electrons. The second kappa shape index (κ2) is 5.60. The zero-order valence-electron chi connectivity index (χ0n) is 10.6. The number of halogens is 3. The molecule has 0 aliphatic heterocycles. The first kappa shape index (κ1) is 14.3. The van der Waals surface area contributed by atoms with Gasteiger partial charge in [0.05, 0.1) is 16.3 Å². The third-order valence-electron chi connectivity index (χ3n) is 3.07. The molecule has 1 aromatic heterocycles. The van der Waals surface area contributed by atoms with Crippen molar-refractivity contribution in [2.75, 3.05) is 5.32 Å². The topological polar surface area (TPSA) is 44.9 Å². The van der Waals surface area contributed by atoms with E-state index in [4.69, 9.17) is 34.8 Å². The molecule has 0 saturated heterocycles. The Morgan fingerprint density at radius 2 is 1.71 bits per heavy atom. The van der Waals surface area contributed by atoms with E-state index < -0.39 is 0 Å². The third-order valence-corrected chi connectivity index (χ3v) is 3.85. The average molecular weight is 340 g/mol. The largest absolute Gasteiger partial charge is 0.360 e. The fraction of sp³-hybridized carbons (Fsp3) is 0. The number of fused-ring (bicyclic) bond motifs is 1. The van der Waals surface area contributed by atoms with Crippen molar-refractivity contribution in [1.29, 1.82) is 0 Å². The van der Waals surface area contributed by atoms with E-state index in [1.54, 1.807) is 36.5 Å². The molecule has 0 unspecified atom stereocenters. The highest BCUT2D eigenvalue weighted by molar-refractivity contribution is 6.37. The lowest BCUT2D eigenvalue weighted by atomic mass is 10.1. The molecule has 1 heterocycles. The standard InChI is InChI=1S/C15H9Cl3N2O/c16-8-1-3-13-10(5-8)11(7-19-13)15(21)20-14-4-2-9(17)6-12(14)18/h1-7,19H,(H,20,21). The summed E-state index contributed by atoms with van der Waals surface area (Å²) in [4.78, 5) is 15.4. The van der Waals surface area contributed by atoms with Crippen LogP contribution in [0, 0.1) is 0 Å². The zero-order valence-corrected chi connectivity index (χ0v) is 12.9. The summed E-state index contributed by atoms with van der Waals surface area (Å²) in [5.41, 5.74) is 1.84. The fourth-order valence-electron chi connectivity index (χ4n) is 2.06. The Labute approximate surface area is 135 Å². The van der Waals surface area contributed by atoms with Crippen LogP contribution >= 0.6 is 34.8 Å². The van der Waals surface area contributed by atoms with Gasteiger partial charge in [0, 0.05) is 27.1 Å². The molecule has 106 valence electrons. The summed E-state index contributed by atoms with van der Waals surface area (Å²) in [6.07, 6.45) is 1.64. The predicted molar refractivity (Wildman–Crippen MR) is 87.7 cm³/mol. The average Bonchev–Trinajstić information content (AvgIpc) is 2.85. The van der Waals surface area contributed by atoms with Gasteiger partial charge in [-0.2, -0.15) is 0 Å². The molecule has 6 heteroatoms. The van der Waals surface area contributed by atoms with Gasteiger partial charge in [-0.1, -0.05) is 34.8 Å². The summed E-state index contributed by atoms with van der Waals surface area (Å²) in [7, 11) is 0. The number of carbonyl (C=O) groups excluding carboxylic acids is 1. The lowest BCUT2D eigenvalue weighted by molar-refractivity contribution is 0.102. The van der Waals surface area contributed by atoms with Gasteiger partial charge in [-0.05, 0) is 36.4 Å². The molecule has 1 amide bonds. The fourth-order valence-corrected chi connectivity index (χ4v) is 2.69. The number of carbonyl (C=O) groups is 1. The van der Waals surface area contributed by atoms with E-state index in [9.17, 15) is 4.79 Å². The van der Waals surface area contributed by atoms with E-state index in [1.165, 1.54) is 0 Å². The number of benzene rings is 2. The first-order chi connectivity index (χ1) is 10.0. The van der Waals surface area contributed by atoms with Crippen LogP contribution in [-0.2, 0) is 0 Å².